The Hall–Kier alpha value is -2.18. The van der Waals surface area contributed by atoms with Crippen LogP contribution in [0.25, 0.3) is 0 Å². The van der Waals surface area contributed by atoms with Crippen molar-refractivity contribution in [3.63, 3.8) is 0 Å². The summed E-state index contributed by atoms with van der Waals surface area (Å²) >= 11 is 0. The molecule has 0 amide bonds. The van der Waals surface area contributed by atoms with Gasteiger partial charge in [-0.05, 0) is 35.4 Å². The topological polar surface area (TPSA) is 91.7 Å². The highest BCUT2D eigenvalue weighted by atomic mass is 32.2. The Morgan fingerprint density at radius 1 is 0.905 bits per heavy atom. The largest absolute Gasteiger partial charge is 0.478 e. The molecule has 0 bridgehead atoms. The molecule has 0 spiro atoms. The van der Waals surface area contributed by atoms with Gasteiger partial charge >= 0.3 is 5.97 Å². The van der Waals surface area contributed by atoms with Gasteiger partial charge < -0.3 is 10.2 Å². The molecule has 21 heavy (non-hydrogen) atoms. The van der Waals surface area contributed by atoms with Crippen molar-refractivity contribution < 1.29 is 23.4 Å². The second kappa shape index (κ2) is 6.07. The van der Waals surface area contributed by atoms with Gasteiger partial charge in [0.2, 0.25) is 0 Å². The summed E-state index contributed by atoms with van der Waals surface area (Å²) in [5.74, 6) is -1.25. The van der Waals surface area contributed by atoms with Gasteiger partial charge in [0.1, 0.15) is 0 Å². The Bertz CT molecular complexity index is 731. The molecule has 2 aromatic carbocycles. The van der Waals surface area contributed by atoms with E-state index in [1.54, 1.807) is 12.1 Å². The lowest BCUT2D eigenvalue weighted by Gasteiger charge is -2.06. The Morgan fingerprint density at radius 3 is 1.90 bits per heavy atom. The van der Waals surface area contributed by atoms with Crippen LogP contribution in [0, 0.1) is 0 Å². The van der Waals surface area contributed by atoms with Crippen LogP contribution in [0.1, 0.15) is 21.5 Å². The normalized spacial score (nSPS) is 11.3. The average Bonchev–Trinajstić information content (AvgIpc) is 2.47. The predicted octanol–water partition coefficient (Wildman–Crippen LogP) is 1.85. The minimum Gasteiger partial charge on any atom is -0.478 e. The van der Waals surface area contributed by atoms with Crippen LogP contribution < -0.4 is 0 Å². The fourth-order valence-corrected chi connectivity index (χ4v) is 3.20. The van der Waals surface area contributed by atoms with Crippen LogP contribution in [0.2, 0.25) is 0 Å². The highest BCUT2D eigenvalue weighted by molar-refractivity contribution is 7.90. The molecule has 0 fully saturated rings. The fraction of sp³-hybridized carbons (Fsp3) is 0.133. The third-order valence-electron chi connectivity index (χ3n) is 3.02. The molecule has 2 N–H and O–H groups in total. The minimum atomic E-state index is -3.50. The number of aliphatic hydroxyl groups is 1. The van der Waals surface area contributed by atoms with E-state index in [0.29, 0.717) is 11.1 Å². The van der Waals surface area contributed by atoms with E-state index in [0.717, 1.165) is 0 Å². The quantitative estimate of drug-likeness (QED) is 0.879. The van der Waals surface area contributed by atoms with Gasteiger partial charge in [0, 0.05) is 0 Å². The molecule has 0 saturated carbocycles. The number of aliphatic hydroxyl groups excluding tert-OH is 1. The lowest BCUT2D eigenvalue weighted by Crippen LogP contribution is -2.05. The number of carboxylic acid groups (broad SMARTS) is 1. The number of rotatable bonds is 5. The number of carboxylic acids is 1. The van der Waals surface area contributed by atoms with Crippen molar-refractivity contribution in [2.45, 2.75) is 17.3 Å². The molecule has 0 saturated heterocycles. The van der Waals surface area contributed by atoms with Gasteiger partial charge in [0.25, 0.3) is 0 Å². The number of aromatic carboxylic acids is 1. The van der Waals surface area contributed by atoms with Crippen molar-refractivity contribution in [3.05, 3.63) is 65.2 Å². The van der Waals surface area contributed by atoms with E-state index in [-0.39, 0.29) is 22.8 Å². The van der Waals surface area contributed by atoms with E-state index in [2.05, 4.69) is 0 Å². The average molecular weight is 306 g/mol. The van der Waals surface area contributed by atoms with Gasteiger partial charge in [-0.15, -0.1) is 0 Å². The van der Waals surface area contributed by atoms with E-state index in [9.17, 15) is 13.2 Å². The number of carbonyl (C=O) groups is 1. The van der Waals surface area contributed by atoms with Crippen molar-refractivity contribution in [3.8, 4) is 0 Å². The zero-order valence-electron chi connectivity index (χ0n) is 11.1. The summed E-state index contributed by atoms with van der Waals surface area (Å²) < 4.78 is 24.5. The highest BCUT2D eigenvalue weighted by Gasteiger charge is 2.15. The fourth-order valence-electron chi connectivity index (χ4n) is 1.85. The highest BCUT2D eigenvalue weighted by Crippen LogP contribution is 2.17. The van der Waals surface area contributed by atoms with Crippen molar-refractivity contribution in [1.82, 2.24) is 0 Å². The number of hydrogen-bond donors (Lipinski definition) is 2. The van der Waals surface area contributed by atoms with Gasteiger partial charge in [-0.3, -0.25) is 0 Å². The van der Waals surface area contributed by atoms with Gasteiger partial charge in [0.05, 0.1) is 22.8 Å². The van der Waals surface area contributed by atoms with Crippen LogP contribution >= 0.6 is 0 Å². The van der Waals surface area contributed by atoms with E-state index >= 15 is 0 Å². The van der Waals surface area contributed by atoms with E-state index in [1.165, 1.54) is 36.4 Å². The second-order valence-electron chi connectivity index (χ2n) is 4.56. The maximum Gasteiger partial charge on any atom is 0.335 e. The maximum atomic E-state index is 12.2. The van der Waals surface area contributed by atoms with Crippen LogP contribution in [0.15, 0.2) is 53.4 Å². The Labute approximate surface area is 122 Å². The molecule has 110 valence electrons. The summed E-state index contributed by atoms with van der Waals surface area (Å²) in [6.45, 7) is -0.142. The first-order valence-electron chi connectivity index (χ1n) is 6.17. The zero-order valence-corrected chi connectivity index (χ0v) is 11.9. The van der Waals surface area contributed by atoms with E-state index in [4.69, 9.17) is 10.2 Å². The lowest BCUT2D eigenvalue weighted by molar-refractivity contribution is 0.0697. The molecule has 0 atom stereocenters. The molecule has 0 aliphatic rings. The van der Waals surface area contributed by atoms with Crippen molar-refractivity contribution in [1.29, 1.82) is 0 Å². The lowest BCUT2D eigenvalue weighted by atomic mass is 10.1. The summed E-state index contributed by atoms with van der Waals surface area (Å²) in [4.78, 5) is 10.9. The van der Waals surface area contributed by atoms with Gasteiger partial charge in [0.15, 0.2) is 9.84 Å². The second-order valence-corrected chi connectivity index (χ2v) is 6.55. The monoisotopic (exact) mass is 306 g/mol. The van der Waals surface area contributed by atoms with Crippen LogP contribution in [0.4, 0.5) is 0 Å². The number of hydrogen-bond acceptors (Lipinski definition) is 4. The molecule has 0 radical (unpaired) electrons. The third-order valence-corrected chi connectivity index (χ3v) is 4.73. The first-order chi connectivity index (χ1) is 9.92. The summed E-state index contributed by atoms with van der Waals surface area (Å²) in [7, 11) is -3.50. The van der Waals surface area contributed by atoms with Crippen molar-refractivity contribution in [2.75, 3.05) is 0 Å². The van der Waals surface area contributed by atoms with Crippen LogP contribution in [0.3, 0.4) is 0 Å². The zero-order chi connectivity index (χ0) is 15.5. The molecule has 2 rings (SSSR count). The first-order valence-corrected chi connectivity index (χ1v) is 7.82. The van der Waals surface area contributed by atoms with E-state index < -0.39 is 15.8 Å². The van der Waals surface area contributed by atoms with Crippen LogP contribution in [-0.4, -0.2) is 24.6 Å². The maximum absolute atomic E-state index is 12.2. The Morgan fingerprint density at radius 2 is 1.43 bits per heavy atom. The summed E-state index contributed by atoms with van der Waals surface area (Å²) in [6, 6.07) is 11.7. The number of sulfone groups is 1. The minimum absolute atomic E-state index is 0.114. The first kappa shape index (κ1) is 15.2. The van der Waals surface area contributed by atoms with Crippen LogP contribution in [-0.2, 0) is 22.2 Å². The van der Waals surface area contributed by atoms with Crippen molar-refractivity contribution >= 4 is 15.8 Å². The van der Waals surface area contributed by atoms with Crippen molar-refractivity contribution in [2.24, 2.45) is 0 Å². The Balaban J connectivity index is 2.21. The molecule has 0 aromatic heterocycles. The smallest absolute Gasteiger partial charge is 0.335 e. The molecule has 6 heteroatoms. The van der Waals surface area contributed by atoms with Gasteiger partial charge in [-0.1, -0.05) is 24.3 Å². The van der Waals surface area contributed by atoms with Crippen LogP contribution in [0.5, 0.6) is 0 Å². The molecule has 5 nitrogen and oxygen atoms in total. The summed E-state index contributed by atoms with van der Waals surface area (Å²) in [5, 5.41) is 17.7. The molecular formula is C15H14O5S. The predicted molar refractivity (Wildman–Crippen MR) is 76.7 cm³/mol. The standard InChI is InChI=1S/C15H14O5S/c16-9-11-3-7-14(8-4-11)21(19,20)10-12-1-5-13(6-2-12)15(17)18/h1-8,16H,9-10H2,(H,17,18). The molecule has 0 aliphatic heterocycles. The molecule has 2 aromatic rings. The molecular weight excluding hydrogens is 292 g/mol. The SMILES string of the molecule is O=C(O)c1ccc(CS(=O)(=O)c2ccc(CO)cc2)cc1. The number of benzene rings is 2. The molecule has 0 aliphatic carbocycles. The summed E-state index contributed by atoms with van der Waals surface area (Å²) in [6.07, 6.45) is 0. The molecule has 0 heterocycles. The van der Waals surface area contributed by atoms with Gasteiger partial charge in [-0.25, -0.2) is 13.2 Å². The van der Waals surface area contributed by atoms with Gasteiger partial charge in [-0.2, -0.15) is 0 Å². The third kappa shape index (κ3) is 3.68. The Kier molecular flexibility index (Phi) is 4.40. The summed E-state index contributed by atoms with van der Waals surface area (Å²) in [5.41, 5.74) is 1.27. The van der Waals surface area contributed by atoms with E-state index in [1.807, 2.05) is 0 Å². The molecule has 0 unspecified atom stereocenters.